The zero-order valence-electron chi connectivity index (χ0n) is 12.8. The highest BCUT2D eigenvalue weighted by Gasteiger charge is 2.24. The summed E-state index contributed by atoms with van der Waals surface area (Å²) >= 11 is 0. The summed E-state index contributed by atoms with van der Waals surface area (Å²) in [6.07, 6.45) is 2.38. The molecule has 6 nitrogen and oxygen atoms in total. The maximum absolute atomic E-state index is 12.6. The van der Waals surface area contributed by atoms with Crippen LogP contribution < -0.4 is 5.32 Å². The average molecular weight is 302 g/mol. The number of aromatic amines is 1. The van der Waals surface area contributed by atoms with E-state index >= 15 is 0 Å². The molecule has 116 valence electrons. The van der Waals surface area contributed by atoms with Crippen molar-refractivity contribution in [1.82, 2.24) is 19.5 Å². The van der Waals surface area contributed by atoms with Gasteiger partial charge in [0.25, 0.3) is 0 Å². The second kappa shape index (κ2) is 7.78. The van der Waals surface area contributed by atoms with Crippen LogP contribution in [0.25, 0.3) is 0 Å². The molecule has 0 aliphatic carbocycles. The van der Waals surface area contributed by atoms with Crippen LogP contribution in [0.15, 0.2) is 17.2 Å². The van der Waals surface area contributed by atoms with Crippen molar-refractivity contribution in [2.75, 3.05) is 40.8 Å². The van der Waals surface area contributed by atoms with Crippen LogP contribution in [0.2, 0.25) is 0 Å². The number of H-pyrrole nitrogens is 1. The molecular formula is C13H26N4O2S. The molecule has 1 aromatic rings. The van der Waals surface area contributed by atoms with Crippen LogP contribution >= 0.6 is 0 Å². The fourth-order valence-corrected chi connectivity index (χ4v) is 3.46. The second-order valence-electron chi connectivity index (χ2n) is 5.10. The maximum Gasteiger partial charge on any atom is 0.244 e. The lowest BCUT2D eigenvalue weighted by Gasteiger charge is -2.22. The molecule has 0 aliphatic heterocycles. The molecular weight excluding hydrogens is 276 g/mol. The summed E-state index contributed by atoms with van der Waals surface area (Å²) in [4.78, 5) is 5.33. The smallest absolute Gasteiger partial charge is 0.244 e. The molecule has 0 spiro atoms. The van der Waals surface area contributed by atoms with E-state index in [-0.39, 0.29) is 0 Å². The molecule has 2 N–H and O–H groups in total. The van der Waals surface area contributed by atoms with Gasteiger partial charge in [-0.15, -0.1) is 0 Å². The van der Waals surface area contributed by atoms with Crippen LogP contribution in [-0.2, 0) is 16.6 Å². The third-order valence-corrected chi connectivity index (χ3v) is 4.87. The molecule has 7 heteroatoms. The van der Waals surface area contributed by atoms with E-state index in [9.17, 15) is 8.42 Å². The Morgan fingerprint density at radius 3 is 2.50 bits per heavy atom. The Bertz CT molecular complexity index is 496. The van der Waals surface area contributed by atoms with E-state index in [4.69, 9.17) is 0 Å². The third-order valence-electron chi connectivity index (χ3n) is 2.99. The van der Waals surface area contributed by atoms with Gasteiger partial charge in [-0.05, 0) is 33.6 Å². The minimum Gasteiger partial charge on any atom is -0.363 e. The van der Waals surface area contributed by atoms with Gasteiger partial charge < -0.3 is 15.2 Å². The first-order valence-corrected chi connectivity index (χ1v) is 8.32. The van der Waals surface area contributed by atoms with Gasteiger partial charge in [0.1, 0.15) is 0 Å². The molecule has 0 aliphatic rings. The zero-order valence-corrected chi connectivity index (χ0v) is 13.6. The molecule has 0 aromatic carbocycles. The Hall–Kier alpha value is -0.890. The topological polar surface area (TPSA) is 68.4 Å². The van der Waals surface area contributed by atoms with Gasteiger partial charge in [-0.25, -0.2) is 8.42 Å². The van der Waals surface area contributed by atoms with E-state index in [1.165, 1.54) is 0 Å². The highest BCUT2D eigenvalue weighted by atomic mass is 32.2. The molecule has 1 heterocycles. The fraction of sp³-hybridized carbons (Fsp3) is 0.692. The van der Waals surface area contributed by atoms with E-state index in [0.29, 0.717) is 31.1 Å². The van der Waals surface area contributed by atoms with Crippen molar-refractivity contribution in [1.29, 1.82) is 0 Å². The molecule has 0 saturated carbocycles. The number of nitrogens with zero attached hydrogens (tertiary/aromatic N) is 2. The number of nitrogens with one attached hydrogen (secondary N) is 2. The number of sulfonamides is 1. The summed E-state index contributed by atoms with van der Waals surface area (Å²) in [6, 6.07) is 1.70. The first-order valence-electron chi connectivity index (χ1n) is 6.88. The monoisotopic (exact) mass is 302 g/mol. The molecule has 0 unspecified atom stereocenters. The zero-order chi connectivity index (χ0) is 15.2. The Balaban J connectivity index is 2.90. The predicted octanol–water partition coefficient (Wildman–Crippen LogP) is 0.696. The van der Waals surface area contributed by atoms with Crippen LogP contribution in [0, 0.1) is 0 Å². The van der Waals surface area contributed by atoms with Crippen LogP contribution in [-0.4, -0.2) is 63.4 Å². The number of hydrogen-bond acceptors (Lipinski definition) is 4. The van der Waals surface area contributed by atoms with Crippen molar-refractivity contribution in [2.45, 2.75) is 24.8 Å². The minimum absolute atomic E-state index is 0.343. The van der Waals surface area contributed by atoms with Gasteiger partial charge in [0, 0.05) is 38.1 Å². The number of aromatic nitrogens is 1. The quantitative estimate of drug-likeness (QED) is 0.704. The summed E-state index contributed by atoms with van der Waals surface area (Å²) in [5.74, 6) is 0. The molecule has 0 radical (unpaired) electrons. The number of likely N-dealkylation sites (N-methyl/N-ethyl adjacent to an activating group) is 1. The summed E-state index contributed by atoms with van der Waals surface area (Å²) in [7, 11) is 2.31. The van der Waals surface area contributed by atoms with Gasteiger partial charge in [0.05, 0.1) is 4.90 Å². The third kappa shape index (κ3) is 4.59. The normalized spacial score (nSPS) is 12.5. The number of rotatable bonds is 9. The van der Waals surface area contributed by atoms with Crippen molar-refractivity contribution in [3.8, 4) is 0 Å². The maximum atomic E-state index is 12.6. The summed E-state index contributed by atoms with van der Waals surface area (Å²) < 4.78 is 26.8. The van der Waals surface area contributed by atoms with E-state index in [0.717, 1.165) is 12.1 Å². The van der Waals surface area contributed by atoms with Gasteiger partial charge in [0.15, 0.2) is 0 Å². The lowest BCUT2D eigenvalue weighted by atomic mass is 10.4. The van der Waals surface area contributed by atoms with Gasteiger partial charge in [0.2, 0.25) is 10.0 Å². The first-order chi connectivity index (χ1) is 9.41. The fourth-order valence-electron chi connectivity index (χ4n) is 1.92. The van der Waals surface area contributed by atoms with Crippen molar-refractivity contribution >= 4 is 10.0 Å². The molecule has 1 aromatic heterocycles. The molecule has 1 rings (SSSR count). The highest BCUT2D eigenvalue weighted by Crippen LogP contribution is 2.17. The Labute approximate surface area is 122 Å². The predicted molar refractivity (Wildman–Crippen MR) is 81.2 cm³/mol. The van der Waals surface area contributed by atoms with Gasteiger partial charge in [-0.3, -0.25) is 0 Å². The van der Waals surface area contributed by atoms with Gasteiger partial charge >= 0.3 is 0 Å². The molecule has 0 saturated heterocycles. The van der Waals surface area contributed by atoms with Crippen LogP contribution in [0.4, 0.5) is 0 Å². The average Bonchev–Trinajstić information content (AvgIpc) is 2.83. The first kappa shape index (κ1) is 17.2. The Kier molecular flexibility index (Phi) is 6.67. The van der Waals surface area contributed by atoms with E-state index in [1.807, 2.05) is 33.0 Å². The molecule has 0 amide bonds. The SMILES string of the molecule is CCCN(CCN(C)C)S(=O)(=O)c1c[nH]c(CNC)c1. The lowest BCUT2D eigenvalue weighted by molar-refractivity contribution is 0.333. The van der Waals surface area contributed by atoms with Crippen molar-refractivity contribution in [3.05, 3.63) is 18.0 Å². The molecule has 0 fully saturated rings. The van der Waals surface area contributed by atoms with Crippen molar-refractivity contribution in [2.24, 2.45) is 0 Å². The molecule has 0 atom stereocenters. The van der Waals surface area contributed by atoms with Gasteiger partial charge in [-0.2, -0.15) is 4.31 Å². The van der Waals surface area contributed by atoms with Crippen LogP contribution in [0.1, 0.15) is 19.0 Å². The minimum atomic E-state index is -3.41. The Morgan fingerprint density at radius 1 is 1.25 bits per heavy atom. The van der Waals surface area contributed by atoms with Crippen molar-refractivity contribution < 1.29 is 8.42 Å². The standard InChI is InChI=1S/C13H26N4O2S/c1-5-6-17(8-7-16(3)4)20(18,19)13-9-12(10-14-2)15-11-13/h9,11,14-15H,5-8,10H2,1-4H3. The number of hydrogen-bond donors (Lipinski definition) is 2. The van der Waals surface area contributed by atoms with E-state index in [2.05, 4.69) is 10.3 Å². The van der Waals surface area contributed by atoms with Crippen LogP contribution in [0.5, 0.6) is 0 Å². The molecule has 20 heavy (non-hydrogen) atoms. The summed E-state index contributed by atoms with van der Waals surface area (Å²) in [5.41, 5.74) is 0.870. The van der Waals surface area contributed by atoms with E-state index < -0.39 is 10.0 Å². The van der Waals surface area contributed by atoms with Crippen molar-refractivity contribution in [3.63, 3.8) is 0 Å². The molecule has 0 bridgehead atoms. The Morgan fingerprint density at radius 2 is 1.95 bits per heavy atom. The summed E-state index contributed by atoms with van der Waals surface area (Å²) in [6.45, 7) is 4.38. The van der Waals surface area contributed by atoms with Crippen LogP contribution in [0.3, 0.4) is 0 Å². The van der Waals surface area contributed by atoms with E-state index in [1.54, 1.807) is 16.6 Å². The summed E-state index contributed by atoms with van der Waals surface area (Å²) in [5, 5.41) is 3.00. The lowest BCUT2D eigenvalue weighted by Crippen LogP contribution is -2.37. The largest absolute Gasteiger partial charge is 0.363 e. The second-order valence-corrected chi connectivity index (χ2v) is 7.04. The van der Waals surface area contributed by atoms with Gasteiger partial charge in [-0.1, -0.05) is 6.92 Å². The highest BCUT2D eigenvalue weighted by molar-refractivity contribution is 7.89.